The Kier molecular flexibility index (Phi) is 3.21. The third-order valence-electron chi connectivity index (χ3n) is 2.17. The second kappa shape index (κ2) is 4.97. The largest absolute Gasteiger partial charge is 0.478 e. The quantitative estimate of drug-likeness (QED) is 0.890. The Morgan fingerprint density at radius 3 is 2.78 bits per heavy atom. The Labute approximate surface area is 103 Å². The normalized spacial score (nSPS) is 9.50. The van der Waals surface area contributed by atoms with Crippen molar-refractivity contribution in [1.29, 1.82) is 5.26 Å². The zero-order valence-electron chi connectivity index (χ0n) is 9.20. The summed E-state index contributed by atoms with van der Waals surface area (Å²) in [5.74, 6) is -0.291. The lowest BCUT2D eigenvalue weighted by Crippen LogP contribution is -1.97. The highest BCUT2D eigenvalue weighted by molar-refractivity contribution is 5.87. The van der Waals surface area contributed by atoms with Crippen LogP contribution in [-0.2, 0) is 0 Å². The van der Waals surface area contributed by atoms with Crippen molar-refractivity contribution in [1.82, 2.24) is 4.98 Å². The molecule has 2 rings (SSSR count). The first kappa shape index (κ1) is 11.6. The maximum absolute atomic E-state index is 10.6. The van der Waals surface area contributed by atoms with Crippen LogP contribution in [0.3, 0.4) is 0 Å². The number of nitriles is 1. The van der Waals surface area contributed by atoms with Crippen molar-refractivity contribution in [3.8, 4) is 17.7 Å². The van der Waals surface area contributed by atoms with Crippen LogP contribution in [0.4, 0.5) is 0 Å². The van der Waals surface area contributed by atoms with Crippen LogP contribution in [0.25, 0.3) is 0 Å². The summed E-state index contributed by atoms with van der Waals surface area (Å²) in [4.78, 5) is 14.5. The van der Waals surface area contributed by atoms with Gasteiger partial charge in [0.1, 0.15) is 5.75 Å². The molecule has 2 aromatic rings. The molecule has 18 heavy (non-hydrogen) atoms. The third kappa shape index (κ3) is 2.62. The molecule has 5 heteroatoms. The number of hydrogen-bond acceptors (Lipinski definition) is 4. The van der Waals surface area contributed by atoms with Crippen molar-refractivity contribution in [3.05, 3.63) is 53.7 Å². The molecule has 0 bridgehead atoms. The van der Waals surface area contributed by atoms with Crippen LogP contribution in [-0.4, -0.2) is 16.1 Å². The third-order valence-corrected chi connectivity index (χ3v) is 2.17. The highest BCUT2D eigenvalue weighted by atomic mass is 16.5. The Morgan fingerprint density at radius 1 is 1.33 bits per heavy atom. The standard InChI is InChI=1S/C13H8N2O3/c14-7-9-2-1-3-11(6-9)18-12-5-4-10(8-15-12)13(16)17/h1-6,8H,(H,16,17). The van der Waals surface area contributed by atoms with Gasteiger partial charge in [-0.15, -0.1) is 0 Å². The van der Waals surface area contributed by atoms with Gasteiger partial charge in [0.25, 0.3) is 0 Å². The molecule has 1 aromatic carbocycles. The summed E-state index contributed by atoms with van der Waals surface area (Å²) in [6.07, 6.45) is 1.21. The van der Waals surface area contributed by atoms with Gasteiger partial charge in [0.05, 0.1) is 17.2 Å². The van der Waals surface area contributed by atoms with Gasteiger partial charge in [-0.3, -0.25) is 0 Å². The van der Waals surface area contributed by atoms with Crippen molar-refractivity contribution < 1.29 is 14.6 Å². The van der Waals surface area contributed by atoms with Gasteiger partial charge in [0.15, 0.2) is 0 Å². The molecule has 0 unspecified atom stereocenters. The van der Waals surface area contributed by atoms with Crippen molar-refractivity contribution in [2.75, 3.05) is 0 Å². The van der Waals surface area contributed by atoms with Crippen LogP contribution in [0, 0.1) is 11.3 Å². The fourth-order valence-corrected chi connectivity index (χ4v) is 1.32. The number of nitrogens with zero attached hydrogens (tertiary/aromatic N) is 2. The molecule has 0 aliphatic carbocycles. The molecule has 1 aromatic heterocycles. The maximum Gasteiger partial charge on any atom is 0.337 e. The highest BCUT2D eigenvalue weighted by Gasteiger charge is 2.04. The number of aromatic carboxylic acids is 1. The molecule has 0 saturated carbocycles. The van der Waals surface area contributed by atoms with Gasteiger partial charge < -0.3 is 9.84 Å². The van der Waals surface area contributed by atoms with E-state index in [0.717, 1.165) is 0 Å². The van der Waals surface area contributed by atoms with Crippen LogP contribution in [0.15, 0.2) is 42.6 Å². The van der Waals surface area contributed by atoms with E-state index in [4.69, 9.17) is 15.1 Å². The lowest BCUT2D eigenvalue weighted by atomic mass is 10.2. The molecule has 0 saturated heterocycles. The van der Waals surface area contributed by atoms with Crippen LogP contribution in [0.5, 0.6) is 11.6 Å². The predicted octanol–water partition coefficient (Wildman–Crippen LogP) is 2.44. The van der Waals surface area contributed by atoms with Crippen molar-refractivity contribution in [2.45, 2.75) is 0 Å². The van der Waals surface area contributed by atoms with Gasteiger partial charge in [-0.25, -0.2) is 9.78 Å². The number of ether oxygens (including phenoxy) is 1. The first-order chi connectivity index (χ1) is 8.69. The fourth-order valence-electron chi connectivity index (χ4n) is 1.32. The minimum absolute atomic E-state index is 0.0909. The van der Waals surface area contributed by atoms with E-state index in [0.29, 0.717) is 11.3 Å². The van der Waals surface area contributed by atoms with Crippen LogP contribution >= 0.6 is 0 Å². The Hall–Kier alpha value is -2.87. The number of rotatable bonds is 3. The lowest BCUT2D eigenvalue weighted by Gasteiger charge is -2.04. The number of carbonyl (C=O) groups is 1. The lowest BCUT2D eigenvalue weighted by molar-refractivity contribution is 0.0696. The first-order valence-electron chi connectivity index (χ1n) is 5.06. The van der Waals surface area contributed by atoms with E-state index in [1.165, 1.54) is 18.3 Å². The maximum atomic E-state index is 10.6. The molecule has 1 heterocycles. The fraction of sp³-hybridized carbons (Fsp3) is 0. The van der Waals surface area contributed by atoms with Gasteiger partial charge in [-0.1, -0.05) is 6.07 Å². The summed E-state index contributed by atoms with van der Waals surface area (Å²) in [5.41, 5.74) is 0.572. The minimum atomic E-state index is -1.04. The zero-order chi connectivity index (χ0) is 13.0. The molecule has 0 radical (unpaired) electrons. The Bertz CT molecular complexity index is 615. The van der Waals surface area contributed by atoms with E-state index in [1.807, 2.05) is 6.07 Å². The number of hydrogen-bond donors (Lipinski definition) is 1. The molecule has 0 amide bonds. The molecular formula is C13H8N2O3. The van der Waals surface area contributed by atoms with Gasteiger partial charge in [0, 0.05) is 12.3 Å². The molecule has 0 atom stereocenters. The van der Waals surface area contributed by atoms with Gasteiger partial charge in [0.2, 0.25) is 5.88 Å². The summed E-state index contributed by atoms with van der Waals surface area (Å²) < 4.78 is 5.40. The topological polar surface area (TPSA) is 83.2 Å². The molecule has 0 aliphatic heterocycles. The van der Waals surface area contributed by atoms with E-state index in [2.05, 4.69) is 4.98 Å². The Balaban J connectivity index is 2.18. The van der Waals surface area contributed by atoms with E-state index < -0.39 is 5.97 Å². The number of carboxylic acids is 1. The number of carboxylic acid groups (broad SMARTS) is 1. The van der Waals surface area contributed by atoms with E-state index in [9.17, 15) is 4.79 Å². The predicted molar refractivity (Wildman–Crippen MR) is 62.4 cm³/mol. The Morgan fingerprint density at radius 2 is 2.17 bits per heavy atom. The first-order valence-corrected chi connectivity index (χ1v) is 5.06. The van der Waals surface area contributed by atoms with Gasteiger partial charge in [-0.2, -0.15) is 5.26 Å². The zero-order valence-corrected chi connectivity index (χ0v) is 9.20. The molecule has 1 N–H and O–H groups in total. The smallest absolute Gasteiger partial charge is 0.337 e. The molecule has 0 spiro atoms. The van der Waals surface area contributed by atoms with Crippen molar-refractivity contribution in [3.63, 3.8) is 0 Å². The summed E-state index contributed by atoms with van der Waals surface area (Å²) in [6.45, 7) is 0. The molecular weight excluding hydrogens is 232 g/mol. The highest BCUT2D eigenvalue weighted by Crippen LogP contribution is 2.20. The number of benzene rings is 1. The van der Waals surface area contributed by atoms with Crippen molar-refractivity contribution in [2.24, 2.45) is 0 Å². The van der Waals surface area contributed by atoms with E-state index >= 15 is 0 Å². The molecule has 0 fully saturated rings. The number of pyridine rings is 1. The van der Waals surface area contributed by atoms with Crippen LogP contribution < -0.4 is 4.74 Å². The minimum Gasteiger partial charge on any atom is -0.478 e. The SMILES string of the molecule is N#Cc1cccc(Oc2ccc(C(=O)O)cn2)c1. The summed E-state index contributed by atoms with van der Waals surface area (Å²) >= 11 is 0. The van der Waals surface area contributed by atoms with Gasteiger partial charge in [-0.05, 0) is 24.3 Å². The van der Waals surface area contributed by atoms with E-state index in [1.54, 1.807) is 24.3 Å². The van der Waals surface area contributed by atoms with Crippen molar-refractivity contribution >= 4 is 5.97 Å². The summed E-state index contributed by atoms with van der Waals surface area (Å²) in [7, 11) is 0. The van der Waals surface area contributed by atoms with Gasteiger partial charge >= 0.3 is 5.97 Å². The second-order valence-corrected chi connectivity index (χ2v) is 3.43. The van der Waals surface area contributed by atoms with Crippen LogP contribution in [0.1, 0.15) is 15.9 Å². The van der Waals surface area contributed by atoms with E-state index in [-0.39, 0.29) is 11.4 Å². The average Bonchev–Trinajstić information content (AvgIpc) is 2.39. The monoisotopic (exact) mass is 240 g/mol. The van der Waals surface area contributed by atoms with Crippen LogP contribution in [0.2, 0.25) is 0 Å². The second-order valence-electron chi connectivity index (χ2n) is 3.43. The summed E-state index contributed by atoms with van der Waals surface area (Å²) in [6, 6.07) is 11.5. The molecule has 5 nitrogen and oxygen atoms in total. The number of aromatic nitrogens is 1. The molecule has 0 aliphatic rings. The average molecular weight is 240 g/mol. The molecule has 88 valence electrons. The summed E-state index contributed by atoms with van der Waals surface area (Å²) in [5, 5.41) is 17.5.